The number of hydrogen-bond acceptors (Lipinski definition) is 4. The molecule has 2 heterocycles. The summed E-state index contributed by atoms with van der Waals surface area (Å²) in [5.74, 6) is 6.26. The predicted molar refractivity (Wildman–Crippen MR) is 82.6 cm³/mol. The normalized spacial score (nSPS) is 10.9. The summed E-state index contributed by atoms with van der Waals surface area (Å²) < 4.78 is 0. The number of rotatable bonds is 2. The van der Waals surface area contributed by atoms with E-state index in [0.29, 0.717) is 5.82 Å². The molecule has 0 unspecified atom stereocenters. The number of fused-ring (bicyclic) bond motifs is 1. The van der Waals surface area contributed by atoms with Gasteiger partial charge in [-0.05, 0) is 42.1 Å². The van der Waals surface area contributed by atoms with E-state index in [9.17, 15) is 0 Å². The number of benzene rings is 1. The molecular weight excluding hydrogens is 278 g/mol. The molecule has 3 nitrogen and oxygen atoms in total. The first-order valence-electron chi connectivity index (χ1n) is 5.80. The first kappa shape index (κ1) is 12.4. The minimum atomic E-state index is 0.677. The standard InChI is InChI=1S/C14H12ClN3S/c1-8-5-12-9(7-11(8)15)6-10(14(17-12)18-16)13-3-2-4-19-13/h2-7H,16H2,1H3,(H,17,18). The third kappa shape index (κ3) is 2.18. The third-order valence-corrected chi connectivity index (χ3v) is 4.33. The summed E-state index contributed by atoms with van der Waals surface area (Å²) in [7, 11) is 0. The zero-order chi connectivity index (χ0) is 13.4. The Morgan fingerprint density at radius 3 is 2.84 bits per heavy atom. The van der Waals surface area contributed by atoms with E-state index in [0.717, 1.165) is 31.9 Å². The number of nitrogens with zero attached hydrogens (tertiary/aromatic N) is 1. The van der Waals surface area contributed by atoms with Gasteiger partial charge in [-0.15, -0.1) is 11.3 Å². The Balaban J connectivity index is 2.30. The van der Waals surface area contributed by atoms with Gasteiger partial charge in [0.2, 0.25) is 0 Å². The second kappa shape index (κ2) is 4.81. The second-order valence-corrected chi connectivity index (χ2v) is 5.66. The maximum absolute atomic E-state index is 6.17. The molecule has 96 valence electrons. The molecular formula is C14H12ClN3S. The lowest BCUT2D eigenvalue weighted by molar-refractivity contribution is 1.26. The van der Waals surface area contributed by atoms with E-state index < -0.39 is 0 Å². The highest BCUT2D eigenvalue weighted by atomic mass is 35.5. The highest BCUT2D eigenvalue weighted by Gasteiger charge is 2.10. The smallest absolute Gasteiger partial charge is 0.149 e. The van der Waals surface area contributed by atoms with Crippen molar-refractivity contribution in [1.82, 2.24) is 4.98 Å². The number of aryl methyl sites for hydroxylation is 1. The van der Waals surface area contributed by atoms with Crippen molar-refractivity contribution in [2.45, 2.75) is 6.92 Å². The summed E-state index contributed by atoms with van der Waals surface area (Å²) in [4.78, 5) is 5.69. The molecule has 0 atom stereocenters. The summed E-state index contributed by atoms with van der Waals surface area (Å²) in [6.07, 6.45) is 0. The number of pyridine rings is 1. The molecule has 0 saturated heterocycles. The largest absolute Gasteiger partial charge is 0.308 e. The lowest BCUT2D eigenvalue weighted by atomic mass is 10.1. The van der Waals surface area contributed by atoms with E-state index in [-0.39, 0.29) is 0 Å². The Morgan fingerprint density at radius 1 is 1.32 bits per heavy atom. The molecule has 0 fully saturated rings. The van der Waals surface area contributed by atoms with E-state index in [1.807, 2.05) is 36.6 Å². The lowest BCUT2D eigenvalue weighted by Crippen LogP contribution is -2.09. The van der Waals surface area contributed by atoms with E-state index >= 15 is 0 Å². The van der Waals surface area contributed by atoms with Crippen LogP contribution in [-0.2, 0) is 0 Å². The Hall–Kier alpha value is -1.62. The second-order valence-electron chi connectivity index (χ2n) is 4.30. The summed E-state index contributed by atoms with van der Waals surface area (Å²) in [5, 5.41) is 3.79. The van der Waals surface area contributed by atoms with Gasteiger partial charge in [-0.3, -0.25) is 0 Å². The van der Waals surface area contributed by atoms with E-state index in [4.69, 9.17) is 17.4 Å². The van der Waals surface area contributed by atoms with Crippen molar-refractivity contribution in [3.8, 4) is 10.4 Å². The van der Waals surface area contributed by atoms with Crippen molar-refractivity contribution in [3.63, 3.8) is 0 Å². The number of aromatic nitrogens is 1. The molecule has 0 aliphatic heterocycles. The molecule has 0 aliphatic carbocycles. The number of nitrogen functional groups attached to an aromatic ring is 1. The fourth-order valence-corrected chi connectivity index (χ4v) is 2.94. The molecule has 5 heteroatoms. The minimum absolute atomic E-state index is 0.677. The zero-order valence-electron chi connectivity index (χ0n) is 10.3. The molecule has 0 radical (unpaired) electrons. The number of thiophene rings is 1. The van der Waals surface area contributed by atoms with E-state index in [2.05, 4.69) is 16.5 Å². The summed E-state index contributed by atoms with van der Waals surface area (Å²) in [6, 6.07) is 10.0. The fraction of sp³-hybridized carbons (Fsp3) is 0.0714. The Morgan fingerprint density at radius 2 is 2.16 bits per heavy atom. The van der Waals surface area contributed by atoms with Crippen molar-refractivity contribution in [2.24, 2.45) is 5.84 Å². The lowest BCUT2D eigenvalue weighted by Gasteiger charge is -2.09. The maximum atomic E-state index is 6.17. The molecule has 3 N–H and O–H groups in total. The minimum Gasteiger partial charge on any atom is -0.308 e. The van der Waals surface area contributed by atoms with Crippen LogP contribution < -0.4 is 11.3 Å². The van der Waals surface area contributed by atoms with Gasteiger partial charge < -0.3 is 5.43 Å². The molecule has 3 rings (SSSR count). The van der Waals surface area contributed by atoms with Gasteiger partial charge in [-0.25, -0.2) is 10.8 Å². The quantitative estimate of drug-likeness (QED) is 0.549. The molecule has 2 aromatic heterocycles. The number of halogens is 1. The van der Waals surface area contributed by atoms with E-state index in [1.54, 1.807) is 11.3 Å². The summed E-state index contributed by atoms with van der Waals surface area (Å²) in [5.41, 5.74) is 5.56. The molecule has 0 bridgehead atoms. The summed E-state index contributed by atoms with van der Waals surface area (Å²) >= 11 is 7.83. The van der Waals surface area contributed by atoms with Gasteiger partial charge in [0.1, 0.15) is 5.82 Å². The maximum Gasteiger partial charge on any atom is 0.149 e. The van der Waals surface area contributed by atoms with Crippen LogP contribution in [0.1, 0.15) is 5.56 Å². The van der Waals surface area contributed by atoms with Crippen molar-refractivity contribution >= 4 is 39.7 Å². The highest BCUT2D eigenvalue weighted by Crippen LogP contribution is 2.34. The molecule has 1 aromatic carbocycles. The number of hydrogen-bond donors (Lipinski definition) is 2. The van der Waals surface area contributed by atoms with Crippen LogP contribution in [0.15, 0.2) is 35.7 Å². The first-order valence-corrected chi connectivity index (χ1v) is 7.06. The van der Waals surface area contributed by atoms with Crippen LogP contribution in [0.2, 0.25) is 5.02 Å². The van der Waals surface area contributed by atoms with Crippen LogP contribution in [0, 0.1) is 6.92 Å². The molecule has 3 aromatic rings. The van der Waals surface area contributed by atoms with Crippen molar-refractivity contribution in [2.75, 3.05) is 5.43 Å². The number of nitrogens with two attached hydrogens (primary N) is 1. The Kier molecular flexibility index (Phi) is 3.14. The van der Waals surface area contributed by atoms with Crippen molar-refractivity contribution in [1.29, 1.82) is 0 Å². The number of anilines is 1. The molecule has 0 spiro atoms. The van der Waals surface area contributed by atoms with Gasteiger partial charge in [0.15, 0.2) is 0 Å². The molecule has 0 aliphatic rings. The van der Waals surface area contributed by atoms with Gasteiger partial charge in [-0.2, -0.15) is 0 Å². The predicted octanol–water partition coefficient (Wildman–Crippen LogP) is 4.21. The Bertz CT molecular complexity index is 738. The van der Waals surface area contributed by atoms with Gasteiger partial charge in [0.05, 0.1) is 5.52 Å². The van der Waals surface area contributed by atoms with Crippen LogP contribution in [0.4, 0.5) is 5.82 Å². The molecule has 0 saturated carbocycles. The molecule has 0 amide bonds. The fourth-order valence-electron chi connectivity index (χ4n) is 2.03. The average molecular weight is 290 g/mol. The van der Waals surface area contributed by atoms with Gasteiger partial charge in [0, 0.05) is 20.8 Å². The number of nitrogens with one attached hydrogen (secondary N) is 1. The van der Waals surface area contributed by atoms with Gasteiger partial charge in [-0.1, -0.05) is 17.7 Å². The monoisotopic (exact) mass is 289 g/mol. The van der Waals surface area contributed by atoms with Crippen LogP contribution in [0.25, 0.3) is 21.3 Å². The van der Waals surface area contributed by atoms with Crippen LogP contribution in [0.5, 0.6) is 0 Å². The summed E-state index contributed by atoms with van der Waals surface area (Å²) in [6.45, 7) is 1.96. The van der Waals surface area contributed by atoms with Gasteiger partial charge >= 0.3 is 0 Å². The number of hydrazine groups is 1. The molecule has 19 heavy (non-hydrogen) atoms. The van der Waals surface area contributed by atoms with Crippen LogP contribution in [0.3, 0.4) is 0 Å². The first-order chi connectivity index (χ1) is 9.19. The highest BCUT2D eigenvalue weighted by molar-refractivity contribution is 7.13. The van der Waals surface area contributed by atoms with Crippen molar-refractivity contribution in [3.05, 3.63) is 46.3 Å². The topological polar surface area (TPSA) is 50.9 Å². The Labute approximate surface area is 120 Å². The zero-order valence-corrected chi connectivity index (χ0v) is 11.8. The van der Waals surface area contributed by atoms with E-state index in [1.165, 1.54) is 0 Å². The van der Waals surface area contributed by atoms with Crippen LogP contribution >= 0.6 is 22.9 Å². The van der Waals surface area contributed by atoms with Crippen molar-refractivity contribution < 1.29 is 0 Å². The SMILES string of the molecule is Cc1cc2nc(NN)c(-c3cccs3)cc2cc1Cl. The van der Waals surface area contributed by atoms with Crippen LogP contribution in [-0.4, -0.2) is 4.98 Å². The average Bonchev–Trinajstić information content (AvgIpc) is 2.92. The third-order valence-electron chi connectivity index (χ3n) is 3.02. The van der Waals surface area contributed by atoms with Gasteiger partial charge in [0.25, 0.3) is 0 Å².